The molecule has 0 saturated heterocycles. The molecular formula is C12H10FN5O3. The number of nitrogens with two attached hydrogens (primary N) is 1. The topological polar surface area (TPSA) is 123 Å². The van der Waals surface area contributed by atoms with Crippen LogP contribution in [0.2, 0.25) is 0 Å². The van der Waals surface area contributed by atoms with Crippen LogP contribution in [0.3, 0.4) is 0 Å². The molecule has 1 aromatic carbocycles. The minimum Gasteiger partial charge on any atom is -0.318 e. The molecule has 1 heterocycles. The number of nitrogens with one attached hydrogen (secondary N) is 2. The molecule has 9 heteroatoms. The molecule has 1 amide bonds. The number of nitro benzene ring substituents is 1. The van der Waals surface area contributed by atoms with E-state index in [-0.39, 0.29) is 17.2 Å². The number of hydrogen-bond acceptors (Lipinski definition) is 6. The SMILES string of the molecule is NNc1cccc(C(=O)Nc2ccc([N+](=O)[O-])cc2F)n1. The molecule has 4 N–H and O–H groups in total. The number of nitro groups is 1. The summed E-state index contributed by atoms with van der Waals surface area (Å²) >= 11 is 0. The van der Waals surface area contributed by atoms with Gasteiger partial charge in [0.15, 0.2) is 5.82 Å². The number of hydrazine groups is 1. The second kappa shape index (κ2) is 5.92. The molecule has 0 unspecified atom stereocenters. The summed E-state index contributed by atoms with van der Waals surface area (Å²) in [6.45, 7) is 0. The third-order valence-corrected chi connectivity index (χ3v) is 2.54. The first-order valence-corrected chi connectivity index (χ1v) is 5.70. The van der Waals surface area contributed by atoms with Crippen LogP contribution in [0, 0.1) is 15.9 Å². The highest BCUT2D eigenvalue weighted by molar-refractivity contribution is 6.03. The van der Waals surface area contributed by atoms with Crippen molar-refractivity contribution in [2.24, 2.45) is 5.84 Å². The Hall–Kier alpha value is -3.07. The van der Waals surface area contributed by atoms with Crippen molar-refractivity contribution in [2.45, 2.75) is 0 Å². The van der Waals surface area contributed by atoms with Gasteiger partial charge in [0.25, 0.3) is 11.6 Å². The van der Waals surface area contributed by atoms with Crippen molar-refractivity contribution < 1.29 is 14.1 Å². The van der Waals surface area contributed by atoms with Crippen LogP contribution in [0.25, 0.3) is 0 Å². The van der Waals surface area contributed by atoms with Crippen molar-refractivity contribution >= 4 is 23.1 Å². The first-order chi connectivity index (χ1) is 10.0. The van der Waals surface area contributed by atoms with Crippen LogP contribution in [0.15, 0.2) is 36.4 Å². The van der Waals surface area contributed by atoms with Crippen molar-refractivity contribution in [2.75, 3.05) is 10.7 Å². The largest absolute Gasteiger partial charge is 0.318 e. The number of amides is 1. The smallest absolute Gasteiger partial charge is 0.274 e. The van der Waals surface area contributed by atoms with Gasteiger partial charge < -0.3 is 10.7 Å². The Morgan fingerprint density at radius 3 is 2.71 bits per heavy atom. The molecule has 0 aliphatic rings. The first kappa shape index (κ1) is 14.3. The number of rotatable bonds is 4. The summed E-state index contributed by atoms with van der Waals surface area (Å²) in [6.07, 6.45) is 0. The van der Waals surface area contributed by atoms with E-state index in [4.69, 9.17) is 5.84 Å². The minimum atomic E-state index is -0.911. The maximum absolute atomic E-state index is 13.7. The Labute approximate surface area is 117 Å². The normalized spacial score (nSPS) is 10.0. The Morgan fingerprint density at radius 1 is 1.33 bits per heavy atom. The molecule has 0 radical (unpaired) electrons. The van der Waals surface area contributed by atoms with Crippen LogP contribution in [-0.2, 0) is 0 Å². The molecular weight excluding hydrogens is 281 g/mol. The number of halogens is 1. The summed E-state index contributed by atoms with van der Waals surface area (Å²) in [5.41, 5.74) is 1.71. The molecule has 21 heavy (non-hydrogen) atoms. The highest BCUT2D eigenvalue weighted by atomic mass is 19.1. The number of nitrogen functional groups attached to an aromatic ring is 1. The van der Waals surface area contributed by atoms with Crippen LogP contribution >= 0.6 is 0 Å². The molecule has 0 spiro atoms. The molecule has 2 aromatic rings. The summed E-state index contributed by atoms with van der Waals surface area (Å²) < 4.78 is 13.7. The molecule has 2 rings (SSSR count). The van der Waals surface area contributed by atoms with Crippen molar-refractivity contribution in [1.29, 1.82) is 0 Å². The lowest BCUT2D eigenvalue weighted by atomic mass is 10.2. The molecule has 8 nitrogen and oxygen atoms in total. The maximum atomic E-state index is 13.7. The zero-order valence-electron chi connectivity index (χ0n) is 10.5. The molecule has 0 aliphatic heterocycles. The zero-order chi connectivity index (χ0) is 15.4. The Morgan fingerprint density at radius 2 is 2.10 bits per heavy atom. The summed E-state index contributed by atoms with van der Waals surface area (Å²) in [6, 6.07) is 7.42. The number of anilines is 2. The fourth-order valence-corrected chi connectivity index (χ4v) is 1.55. The highest BCUT2D eigenvalue weighted by Gasteiger charge is 2.14. The Balaban J connectivity index is 2.21. The summed E-state index contributed by atoms with van der Waals surface area (Å²) in [7, 11) is 0. The average molecular weight is 291 g/mol. The van der Waals surface area contributed by atoms with Crippen molar-refractivity contribution in [1.82, 2.24) is 4.98 Å². The molecule has 0 saturated carbocycles. The number of aromatic nitrogens is 1. The Kier molecular flexibility index (Phi) is 4.05. The first-order valence-electron chi connectivity index (χ1n) is 5.70. The predicted molar refractivity (Wildman–Crippen MR) is 73.1 cm³/mol. The van der Waals surface area contributed by atoms with Crippen LogP contribution in [-0.4, -0.2) is 15.8 Å². The molecule has 0 atom stereocenters. The van der Waals surface area contributed by atoms with E-state index < -0.39 is 22.3 Å². The minimum absolute atomic E-state index is 0.0169. The van der Waals surface area contributed by atoms with E-state index in [9.17, 15) is 19.3 Å². The second-order valence-corrected chi connectivity index (χ2v) is 3.93. The fraction of sp³-hybridized carbons (Fsp3) is 0. The van der Waals surface area contributed by atoms with Gasteiger partial charge in [-0.25, -0.2) is 15.2 Å². The van der Waals surface area contributed by atoms with Crippen LogP contribution in [0.4, 0.5) is 21.6 Å². The van der Waals surface area contributed by atoms with Gasteiger partial charge in [0.1, 0.15) is 11.5 Å². The lowest BCUT2D eigenvalue weighted by Gasteiger charge is -2.07. The molecule has 0 aliphatic carbocycles. The third kappa shape index (κ3) is 3.28. The standard InChI is InChI=1S/C12H10FN5O3/c13-8-6-7(18(20)21)4-5-9(8)16-12(19)10-2-1-3-11(15-10)17-14/h1-6H,14H2,(H,15,17)(H,16,19). The van der Waals surface area contributed by atoms with Gasteiger partial charge in [0, 0.05) is 6.07 Å². The molecule has 0 fully saturated rings. The third-order valence-electron chi connectivity index (χ3n) is 2.54. The predicted octanol–water partition coefficient (Wildman–Crippen LogP) is 1.67. The number of pyridine rings is 1. The lowest BCUT2D eigenvalue weighted by molar-refractivity contribution is -0.385. The van der Waals surface area contributed by atoms with E-state index in [1.165, 1.54) is 6.07 Å². The van der Waals surface area contributed by atoms with Gasteiger partial charge in [-0.15, -0.1) is 0 Å². The van der Waals surface area contributed by atoms with Gasteiger partial charge in [-0.05, 0) is 18.2 Å². The highest BCUT2D eigenvalue weighted by Crippen LogP contribution is 2.21. The zero-order valence-corrected chi connectivity index (χ0v) is 10.5. The van der Waals surface area contributed by atoms with E-state index in [0.29, 0.717) is 0 Å². The van der Waals surface area contributed by atoms with Gasteiger partial charge in [0.05, 0.1) is 16.7 Å². The van der Waals surface area contributed by atoms with Gasteiger partial charge in [-0.2, -0.15) is 0 Å². The number of carbonyl (C=O) groups excluding carboxylic acids is 1. The van der Waals surface area contributed by atoms with E-state index >= 15 is 0 Å². The molecule has 108 valence electrons. The quantitative estimate of drug-likeness (QED) is 0.447. The summed E-state index contributed by atoms with van der Waals surface area (Å²) in [5, 5.41) is 12.8. The molecule has 0 bridgehead atoms. The van der Waals surface area contributed by atoms with E-state index in [0.717, 1.165) is 18.2 Å². The summed E-state index contributed by atoms with van der Waals surface area (Å²) in [4.78, 5) is 25.6. The Bertz CT molecular complexity index is 707. The monoisotopic (exact) mass is 291 g/mol. The average Bonchev–Trinajstić information content (AvgIpc) is 2.49. The maximum Gasteiger partial charge on any atom is 0.274 e. The van der Waals surface area contributed by atoms with Crippen molar-refractivity contribution in [3.8, 4) is 0 Å². The van der Waals surface area contributed by atoms with E-state index in [1.807, 2.05) is 0 Å². The number of nitrogens with zero attached hydrogens (tertiary/aromatic N) is 2. The number of non-ortho nitro benzene ring substituents is 1. The van der Waals surface area contributed by atoms with Gasteiger partial charge in [-0.3, -0.25) is 14.9 Å². The van der Waals surface area contributed by atoms with E-state index in [1.54, 1.807) is 12.1 Å². The van der Waals surface area contributed by atoms with Gasteiger partial charge in [0.2, 0.25) is 0 Å². The number of carbonyl (C=O) groups is 1. The lowest BCUT2D eigenvalue weighted by Crippen LogP contribution is -2.16. The fourth-order valence-electron chi connectivity index (χ4n) is 1.55. The van der Waals surface area contributed by atoms with E-state index in [2.05, 4.69) is 15.7 Å². The number of hydrogen-bond donors (Lipinski definition) is 3. The second-order valence-electron chi connectivity index (χ2n) is 3.93. The van der Waals surface area contributed by atoms with Crippen LogP contribution in [0.5, 0.6) is 0 Å². The van der Waals surface area contributed by atoms with Gasteiger partial charge >= 0.3 is 0 Å². The van der Waals surface area contributed by atoms with Gasteiger partial charge in [-0.1, -0.05) is 6.07 Å². The number of benzene rings is 1. The molecule has 1 aromatic heterocycles. The summed E-state index contributed by atoms with van der Waals surface area (Å²) in [5.74, 6) is 3.86. The van der Waals surface area contributed by atoms with Crippen LogP contribution in [0.1, 0.15) is 10.5 Å². The van der Waals surface area contributed by atoms with Crippen LogP contribution < -0.4 is 16.6 Å². The van der Waals surface area contributed by atoms with Crippen molar-refractivity contribution in [3.63, 3.8) is 0 Å². The van der Waals surface area contributed by atoms with Crippen molar-refractivity contribution in [3.05, 3.63) is 58.0 Å².